The Kier molecular flexibility index (Phi) is 3.94. The van der Waals surface area contributed by atoms with Gasteiger partial charge in [0.2, 0.25) is 0 Å². The first-order valence-electron chi connectivity index (χ1n) is 6.39. The molecule has 1 aromatic rings. The molecule has 0 bridgehead atoms. The van der Waals surface area contributed by atoms with Crippen LogP contribution < -0.4 is 5.32 Å². The number of aryl methyl sites for hydroxylation is 1. The van der Waals surface area contributed by atoms with Crippen LogP contribution >= 0.6 is 0 Å². The van der Waals surface area contributed by atoms with Gasteiger partial charge >= 0.3 is 0 Å². The molecule has 1 heterocycles. The molecule has 0 aromatic carbocycles. The maximum atomic E-state index is 4.25. The zero-order valence-electron chi connectivity index (χ0n) is 10.4. The Bertz CT molecular complexity index is 329. The van der Waals surface area contributed by atoms with Crippen molar-refractivity contribution in [2.24, 2.45) is 5.92 Å². The highest BCUT2D eigenvalue weighted by Gasteiger charge is 2.21. The summed E-state index contributed by atoms with van der Waals surface area (Å²) in [4.78, 5) is 4.25. The highest BCUT2D eigenvalue weighted by molar-refractivity contribution is 5.25. The van der Waals surface area contributed by atoms with Gasteiger partial charge in [0.15, 0.2) is 0 Å². The lowest BCUT2D eigenvalue weighted by molar-refractivity contribution is 0.412. The first kappa shape index (κ1) is 11.6. The largest absolute Gasteiger partial charge is 0.313 e. The fourth-order valence-electron chi connectivity index (χ4n) is 2.82. The topological polar surface area (TPSA) is 24.9 Å². The van der Waals surface area contributed by atoms with Gasteiger partial charge in [-0.15, -0.1) is 0 Å². The van der Waals surface area contributed by atoms with Crippen molar-refractivity contribution in [3.63, 3.8) is 0 Å². The Labute approximate surface area is 98.5 Å². The van der Waals surface area contributed by atoms with Gasteiger partial charge in [0, 0.05) is 18.4 Å². The standard InChI is InChI=1S/C14H22N2/c1-11-7-8-16-10-13(11)14(15-2)9-12-5-3-4-6-12/h7-8,10,12,14-15H,3-6,9H2,1-2H3. The van der Waals surface area contributed by atoms with Crippen LogP contribution in [0.5, 0.6) is 0 Å². The fraction of sp³-hybridized carbons (Fsp3) is 0.643. The summed E-state index contributed by atoms with van der Waals surface area (Å²) in [6.07, 6.45) is 10.8. The average Bonchev–Trinajstić information content (AvgIpc) is 2.80. The molecule has 2 heteroatoms. The Morgan fingerprint density at radius 3 is 2.81 bits per heavy atom. The maximum Gasteiger partial charge on any atom is 0.0338 e. The van der Waals surface area contributed by atoms with E-state index in [4.69, 9.17) is 0 Å². The molecule has 1 aromatic heterocycles. The number of rotatable bonds is 4. The van der Waals surface area contributed by atoms with Crippen molar-refractivity contribution in [1.29, 1.82) is 0 Å². The SMILES string of the molecule is CNC(CC1CCCC1)c1cnccc1C. The molecule has 1 saturated carbocycles. The molecule has 0 radical (unpaired) electrons. The molecule has 1 atom stereocenters. The zero-order chi connectivity index (χ0) is 11.4. The van der Waals surface area contributed by atoms with Crippen LogP contribution in [0.15, 0.2) is 18.5 Å². The maximum absolute atomic E-state index is 4.25. The van der Waals surface area contributed by atoms with Crippen molar-refractivity contribution < 1.29 is 0 Å². The van der Waals surface area contributed by atoms with Gasteiger partial charge in [-0.1, -0.05) is 25.7 Å². The first-order chi connectivity index (χ1) is 7.81. The minimum atomic E-state index is 0.483. The molecular formula is C14H22N2. The van der Waals surface area contributed by atoms with Crippen LogP contribution in [-0.4, -0.2) is 12.0 Å². The van der Waals surface area contributed by atoms with Crippen molar-refractivity contribution in [1.82, 2.24) is 10.3 Å². The third kappa shape index (κ3) is 2.62. The summed E-state index contributed by atoms with van der Waals surface area (Å²) in [5.41, 5.74) is 2.73. The van der Waals surface area contributed by atoms with Gasteiger partial charge in [-0.2, -0.15) is 0 Å². The first-order valence-corrected chi connectivity index (χ1v) is 6.39. The zero-order valence-corrected chi connectivity index (χ0v) is 10.4. The minimum Gasteiger partial charge on any atom is -0.313 e. The van der Waals surface area contributed by atoms with Gasteiger partial charge in [0.1, 0.15) is 0 Å². The van der Waals surface area contributed by atoms with Crippen LogP contribution in [0.3, 0.4) is 0 Å². The van der Waals surface area contributed by atoms with Crippen molar-refractivity contribution in [3.05, 3.63) is 29.6 Å². The molecule has 1 unspecified atom stereocenters. The van der Waals surface area contributed by atoms with Crippen molar-refractivity contribution in [2.75, 3.05) is 7.05 Å². The Morgan fingerprint density at radius 2 is 2.19 bits per heavy atom. The number of hydrogen-bond acceptors (Lipinski definition) is 2. The van der Waals surface area contributed by atoms with E-state index in [1.165, 1.54) is 43.2 Å². The van der Waals surface area contributed by atoms with Crippen molar-refractivity contribution in [3.8, 4) is 0 Å². The molecule has 1 fully saturated rings. The second kappa shape index (κ2) is 5.44. The third-order valence-electron chi connectivity index (χ3n) is 3.85. The highest BCUT2D eigenvalue weighted by Crippen LogP contribution is 2.33. The lowest BCUT2D eigenvalue weighted by Gasteiger charge is -2.21. The number of hydrogen-bond donors (Lipinski definition) is 1. The summed E-state index contributed by atoms with van der Waals surface area (Å²) in [6.45, 7) is 2.18. The van der Waals surface area contributed by atoms with E-state index in [0.29, 0.717) is 6.04 Å². The molecule has 0 aliphatic heterocycles. The van der Waals surface area contributed by atoms with Gasteiger partial charge in [-0.3, -0.25) is 4.98 Å². The molecule has 1 aliphatic carbocycles. The van der Waals surface area contributed by atoms with E-state index < -0.39 is 0 Å². The van der Waals surface area contributed by atoms with Gasteiger partial charge in [-0.05, 0) is 43.5 Å². The quantitative estimate of drug-likeness (QED) is 0.839. The second-order valence-corrected chi connectivity index (χ2v) is 4.96. The molecule has 0 amide bonds. The summed E-state index contributed by atoms with van der Waals surface area (Å²) >= 11 is 0. The summed E-state index contributed by atoms with van der Waals surface area (Å²) in [6, 6.07) is 2.59. The summed E-state index contributed by atoms with van der Waals surface area (Å²) < 4.78 is 0. The molecule has 2 nitrogen and oxygen atoms in total. The minimum absolute atomic E-state index is 0.483. The van der Waals surface area contributed by atoms with E-state index in [1.54, 1.807) is 0 Å². The fourth-order valence-corrected chi connectivity index (χ4v) is 2.82. The van der Waals surface area contributed by atoms with E-state index in [2.05, 4.69) is 30.3 Å². The van der Waals surface area contributed by atoms with Crippen LogP contribution in [0.4, 0.5) is 0 Å². The molecular weight excluding hydrogens is 196 g/mol. The molecule has 2 rings (SSSR count). The Hall–Kier alpha value is -0.890. The van der Waals surface area contributed by atoms with E-state index >= 15 is 0 Å². The lowest BCUT2D eigenvalue weighted by atomic mass is 9.92. The van der Waals surface area contributed by atoms with Crippen LogP contribution in [0, 0.1) is 12.8 Å². The van der Waals surface area contributed by atoms with E-state index in [1.807, 2.05) is 12.4 Å². The van der Waals surface area contributed by atoms with Crippen molar-refractivity contribution in [2.45, 2.75) is 45.1 Å². The van der Waals surface area contributed by atoms with Crippen molar-refractivity contribution >= 4 is 0 Å². The number of aromatic nitrogens is 1. The van der Waals surface area contributed by atoms with Gasteiger partial charge in [-0.25, -0.2) is 0 Å². The second-order valence-electron chi connectivity index (χ2n) is 4.96. The monoisotopic (exact) mass is 218 g/mol. The molecule has 16 heavy (non-hydrogen) atoms. The van der Waals surface area contributed by atoms with E-state index in [-0.39, 0.29) is 0 Å². The van der Waals surface area contributed by atoms with Crippen LogP contribution in [0.1, 0.15) is 49.3 Å². The summed E-state index contributed by atoms with van der Waals surface area (Å²) in [5.74, 6) is 0.914. The van der Waals surface area contributed by atoms with Gasteiger partial charge < -0.3 is 5.32 Å². The van der Waals surface area contributed by atoms with E-state index in [9.17, 15) is 0 Å². The molecule has 1 aliphatic rings. The average molecular weight is 218 g/mol. The Balaban J connectivity index is 2.06. The summed E-state index contributed by atoms with van der Waals surface area (Å²) in [5, 5.41) is 3.45. The summed E-state index contributed by atoms with van der Waals surface area (Å²) in [7, 11) is 2.06. The number of nitrogens with zero attached hydrogens (tertiary/aromatic N) is 1. The smallest absolute Gasteiger partial charge is 0.0338 e. The van der Waals surface area contributed by atoms with Crippen LogP contribution in [-0.2, 0) is 0 Å². The Morgan fingerprint density at radius 1 is 1.44 bits per heavy atom. The number of nitrogens with one attached hydrogen (secondary N) is 1. The van der Waals surface area contributed by atoms with Crippen LogP contribution in [0.2, 0.25) is 0 Å². The van der Waals surface area contributed by atoms with E-state index in [0.717, 1.165) is 5.92 Å². The normalized spacial score (nSPS) is 18.9. The number of pyridine rings is 1. The predicted molar refractivity (Wildman–Crippen MR) is 67.3 cm³/mol. The predicted octanol–water partition coefficient (Wildman–Crippen LogP) is 3.23. The highest BCUT2D eigenvalue weighted by atomic mass is 14.9. The lowest BCUT2D eigenvalue weighted by Crippen LogP contribution is -2.20. The third-order valence-corrected chi connectivity index (χ3v) is 3.85. The molecule has 1 N–H and O–H groups in total. The molecule has 88 valence electrons. The molecule has 0 spiro atoms. The van der Waals surface area contributed by atoms with Gasteiger partial charge in [0.05, 0.1) is 0 Å². The van der Waals surface area contributed by atoms with Gasteiger partial charge in [0.25, 0.3) is 0 Å². The molecule has 0 saturated heterocycles. The van der Waals surface area contributed by atoms with Crippen LogP contribution in [0.25, 0.3) is 0 Å².